The minimum Gasteiger partial charge on any atom is -0.508 e. The first-order valence-electron chi connectivity index (χ1n) is 6.46. The molecule has 0 spiro atoms. The van der Waals surface area contributed by atoms with Gasteiger partial charge in [-0.05, 0) is 19.2 Å². The molecule has 2 rings (SSSR count). The number of aromatic nitrogens is 1. The van der Waals surface area contributed by atoms with Gasteiger partial charge in [-0.25, -0.2) is 9.37 Å². The van der Waals surface area contributed by atoms with Gasteiger partial charge < -0.3 is 10.4 Å². The molecule has 3 nitrogen and oxygen atoms in total. The summed E-state index contributed by atoms with van der Waals surface area (Å²) in [6.45, 7) is 7.00. The van der Waals surface area contributed by atoms with Gasteiger partial charge in [-0.15, -0.1) is 11.3 Å². The summed E-state index contributed by atoms with van der Waals surface area (Å²) < 4.78 is 14.0. The minimum atomic E-state index is -0.449. The quantitative estimate of drug-likeness (QED) is 0.908. The summed E-state index contributed by atoms with van der Waals surface area (Å²) in [4.78, 5) is 5.73. The fourth-order valence-electron chi connectivity index (χ4n) is 2.01. The topological polar surface area (TPSA) is 45.1 Å². The molecule has 0 radical (unpaired) electrons. The molecule has 1 aromatic carbocycles. The highest BCUT2D eigenvalue weighted by atomic mass is 32.1. The third kappa shape index (κ3) is 2.99. The van der Waals surface area contributed by atoms with E-state index in [2.05, 4.69) is 31.1 Å². The summed E-state index contributed by atoms with van der Waals surface area (Å²) in [5.41, 5.74) is 1.33. The molecule has 108 valence electrons. The maximum absolute atomic E-state index is 14.0. The highest BCUT2D eigenvalue weighted by Crippen LogP contribution is 2.36. The van der Waals surface area contributed by atoms with Gasteiger partial charge in [0.2, 0.25) is 0 Å². The number of halogens is 1. The van der Waals surface area contributed by atoms with Crippen LogP contribution in [0.5, 0.6) is 5.75 Å². The molecule has 1 aromatic heterocycles. The summed E-state index contributed by atoms with van der Waals surface area (Å²) in [5.74, 6) is -0.524. The molecule has 0 bridgehead atoms. The number of phenolic OH excluding ortho intramolecular Hbond substituents is 1. The monoisotopic (exact) mass is 294 g/mol. The molecule has 0 atom stereocenters. The standard InChI is InChI=1S/C15H19FN2OS/c1-15(2,3)13-12(8-17-4)20-14(18-13)10-6-5-9(19)7-11(10)16/h5-7,17,19H,8H2,1-4H3. The third-order valence-corrected chi connectivity index (χ3v) is 4.02. The van der Waals surface area contributed by atoms with Crippen LogP contribution in [0.25, 0.3) is 10.6 Å². The molecule has 0 aliphatic carbocycles. The number of thiazole rings is 1. The Morgan fingerprint density at radius 2 is 2.05 bits per heavy atom. The summed E-state index contributed by atoms with van der Waals surface area (Å²) >= 11 is 1.49. The minimum absolute atomic E-state index is 0.0747. The van der Waals surface area contributed by atoms with Crippen molar-refractivity contribution in [2.24, 2.45) is 0 Å². The van der Waals surface area contributed by atoms with E-state index in [-0.39, 0.29) is 11.2 Å². The van der Waals surface area contributed by atoms with Crippen LogP contribution in [0.4, 0.5) is 4.39 Å². The molecule has 0 saturated carbocycles. The van der Waals surface area contributed by atoms with Crippen LogP contribution in [-0.2, 0) is 12.0 Å². The second kappa shape index (κ2) is 5.50. The molecular weight excluding hydrogens is 275 g/mol. The molecule has 0 unspecified atom stereocenters. The molecule has 0 saturated heterocycles. The van der Waals surface area contributed by atoms with Crippen LogP contribution in [0.2, 0.25) is 0 Å². The van der Waals surface area contributed by atoms with Crippen LogP contribution in [0.15, 0.2) is 18.2 Å². The van der Waals surface area contributed by atoms with Crippen molar-refractivity contribution in [3.63, 3.8) is 0 Å². The number of benzene rings is 1. The van der Waals surface area contributed by atoms with Crippen molar-refractivity contribution in [1.82, 2.24) is 10.3 Å². The third-order valence-electron chi connectivity index (χ3n) is 2.93. The zero-order valence-corrected chi connectivity index (χ0v) is 12.9. The van der Waals surface area contributed by atoms with Gasteiger partial charge >= 0.3 is 0 Å². The van der Waals surface area contributed by atoms with Crippen LogP contribution in [-0.4, -0.2) is 17.1 Å². The number of nitrogens with zero attached hydrogens (tertiary/aromatic N) is 1. The van der Waals surface area contributed by atoms with Crippen molar-refractivity contribution in [1.29, 1.82) is 0 Å². The van der Waals surface area contributed by atoms with Crippen LogP contribution in [0, 0.1) is 5.82 Å². The van der Waals surface area contributed by atoms with Crippen LogP contribution in [0.1, 0.15) is 31.3 Å². The molecule has 0 aliphatic rings. The zero-order valence-electron chi connectivity index (χ0n) is 12.1. The number of hydrogen-bond donors (Lipinski definition) is 2. The molecular formula is C15H19FN2OS. The molecule has 2 aromatic rings. The average molecular weight is 294 g/mol. The Morgan fingerprint density at radius 1 is 1.35 bits per heavy atom. The summed E-state index contributed by atoms with van der Waals surface area (Å²) in [6.07, 6.45) is 0. The summed E-state index contributed by atoms with van der Waals surface area (Å²) in [7, 11) is 1.88. The van der Waals surface area contributed by atoms with Crippen molar-refractivity contribution in [3.8, 4) is 16.3 Å². The number of hydrogen-bond acceptors (Lipinski definition) is 4. The van der Waals surface area contributed by atoms with Crippen LogP contribution in [0.3, 0.4) is 0 Å². The lowest BCUT2D eigenvalue weighted by atomic mass is 9.91. The van der Waals surface area contributed by atoms with E-state index < -0.39 is 5.82 Å². The van der Waals surface area contributed by atoms with Crippen LogP contribution < -0.4 is 5.32 Å². The van der Waals surface area contributed by atoms with Gasteiger partial charge in [0.1, 0.15) is 16.6 Å². The highest BCUT2D eigenvalue weighted by molar-refractivity contribution is 7.15. The number of rotatable bonds is 3. The van der Waals surface area contributed by atoms with Gasteiger partial charge in [0, 0.05) is 28.5 Å². The van der Waals surface area contributed by atoms with Gasteiger partial charge in [0.15, 0.2) is 0 Å². The Balaban J connectivity index is 2.53. The Morgan fingerprint density at radius 3 is 2.60 bits per heavy atom. The van der Waals surface area contributed by atoms with Crippen LogP contribution >= 0.6 is 11.3 Å². The molecule has 1 heterocycles. The van der Waals surface area contributed by atoms with E-state index in [1.165, 1.54) is 17.4 Å². The first-order valence-corrected chi connectivity index (χ1v) is 7.28. The maximum atomic E-state index is 14.0. The van der Waals surface area contributed by atoms with E-state index in [1.807, 2.05) is 7.05 Å². The second-order valence-electron chi connectivity index (χ2n) is 5.74. The van der Waals surface area contributed by atoms with Gasteiger partial charge in [0.25, 0.3) is 0 Å². The van der Waals surface area contributed by atoms with E-state index >= 15 is 0 Å². The maximum Gasteiger partial charge on any atom is 0.137 e. The van der Waals surface area contributed by atoms with Gasteiger partial charge in [-0.3, -0.25) is 0 Å². The first-order chi connectivity index (χ1) is 9.32. The van der Waals surface area contributed by atoms with E-state index in [0.717, 1.165) is 16.6 Å². The molecule has 5 heteroatoms. The van der Waals surface area contributed by atoms with E-state index in [1.54, 1.807) is 6.07 Å². The van der Waals surface area contributed by atoms with Crippen molar-refractivity contribution in [3.05, 3.63) is 34.6 Å². The van der Waals surface area contributed by atoms with Crippen molar-refractivity contribution in [2.75, 3.05) is 7.05 Å². The average Bonchev–Trinajstić information content (AvgIpc) is 2.73. The predicted octanol–water partition coefficient (Wildman–Crippen LogP) is 3.67. The SMILES string of the molecule is CNCc1sc(-c2ccc(O)cc2F)nc1C(C)(C)C. The summed E-state index contributed by atoms with van der Waals surface area (Å²) in [6, 6.07) is 4.17. The highest BCUT2D eigenvalue weighted by Gasteiger charge is 2.24. The lowest BCUT2D eigenvalue weighted by molar-refractivity contribution is 0.469. The zero-order chi connectivity index (χ0) is 14.9. The fourth-order valence-corrected chi connectivity index (χ4v) is 3.32. The lowest BCUT2D eigenvalue weighted by Gasteiger charge is -2.17. The fraction of sp³-hybridized carbons (Fsp3) is 0.400. The number of phenols is 1. The van der Waals surface area contributed by atoms with Crippen molar-refractivity contribution < 1.29 is 9.50 Å². The first kappa shape index (κ1) is 14.9. The molecule has 0 aliphatic heterocycles. The second-order valence-corrected chi connectivity index (χ2v) is 6.82. The molecule has 20 heavy (non-hydrogen) atoms. The van der Waals surface area contributed by atoms with Gasteiger partial charge in [-0.1, -0.05) is 20.8 Å². The van der Waals surface area contributed by atoms with Gasteiger partial charge in [0.05, 0.1) is 5.69 Å². The lowest BCUT2D eigenvalue weighted by Crippen LogP contribution is -2.16. The molecule has 2 N–H and O–H groups in total. The Bertz CT molecular complexity index is 617. The molecule has 0 fully saturated rings. The Hall–Kier alpha value is -1.46. The Labute approximate surface area is 122 Å². The predicted molar refractivity (Wildman–Crippen MR) is 80.6 cm³/mol. The largest absolute Gasteiger partial charge is 0.508 e. The molecule has 0 amide bonds. The van der Waals surface area contributed by atoms with Crippen molar-refractivity contribution >= 4 is 11.3 Å². The van der Waals surface area contributed by atoms with E-state index in [9.17, 15) is 9.50 Å². The van der Waals surface area contributed by atoms with Gasteiger partial charge in [-0.2, -0.15) is 0 Å². The Kier molecular flexibility index (Phi) is 4.11. The number of nitrogens with one attached hydrogen (secondary N) is 1. The van der Waals surface area contributed by atoms with E-state index in [0.29, 0.717) is 17.1 Å². The number of aromatic hydroxyl groups is 1. The van der Waals surface area contributed by atoms with Crippen molar-refractivity contribution in [2.45, 2.75) is 32.7 Å². The smallest absolute Gasteiger partial charge is 0.137 e. The normalized spacial score (nSPS) is 11.8. The van der Waals surface area contributed by atoms with E-state index in [4.69, 9.17) is 0 Å². The summed E-state index contributed by atoms with van der Waals surface area (Å²) in [5, 5.41) is 13.1.